The molecule has 10 heteroatoms. The molecule has 0 spiro atoms. The van der Waals surface area contributed by atoms with Gasteiger partial charge in [-0.25, -0.2) is 9.59 Å². The standard InChI is InChI=1S/C16H20N2O8/c1-7(19)11(15(23)24)17-13(21)9-3-5-10(6-4-9)14(22)18-12(8(2)20)16(25)26/h3-8,11-12,19-20H,1-2H3,(H,17,21)(H,18,22)(H,23,24)(H,25,26)/t7-,8-,11-,12+/m1/s1. The average Bonchev–Trinajstić information content (AvgIpc) is 2.55. The number of aliphatic carboxylic acids is 2. The third-order valence-electron chi connectivity index (χ3n) is 3.48. The van der Waals surface area contributed by atoms with E-state index in [0.717, 1.165) is 0 Å². The van der Waals surface area contributed by atoms with Gasteiger partial charge in [0.2, 0.25) is 0 Å². The second-order valence-electron chi connectivity index (χ2n) is 5.64. The highest BCUT2D eigenvalue weighted by Crippen LogP contribution is 2.07. The molecule has 1 rings (SSSR count). The number of carbonyl (C=O) groups excluding carboxylic acids is 2. The molecule has 0 fully saturated rings. The van der Waals surface area contributed by atoms with Gasteiger partial charge in [0.25, 0.3) is 11.8 Å². The Labute approximate surface area is 148 Å². The van der Waals surface area contributed by atoms with Gasteiger partial charge < -0.3 is 31.1 Å². The molecule has 0 unspecified atom stereocenters. The number of rotatable bonds is 8. The number of carboxylic acid groups (broad SMARTS) is 2. The van der Waals surface area contributed by atoms with Crippen LogP contribution in [0.3, 0.4) is 0 Å². The number of aliphatic hydroxyl groups is 2. The van der Waals surface area contributed by atoms with Crippen LogP contribution in [0.1, 0.15) is 34.6 Å². The van der Waals surface area contributed by atoms with Crippen molar-refractivity contribution in [2.45, 2.75) is 38.1 Å². The minimum absolute atomic E-state index is 0.0405. The van der Waals surface area contributed by atoms with Gasteiger partial charge in [-0.15, -0.1) is 0 Å². The number of aliphatic hydroxyl groups excluding tert-OH is 2. The molecule has 0 saturated heterocycles. The summed E-state index contributed by atoms with van der Waals surface area (Å²) < 4.78 is 0. The lowest BCUT2D eigenvalue weighted by Gasteiger charge is -2.18. The number of benzene rings is 1. The van der Waals surface area contributed by atoms with Crippen LogP contribution in [-0.4, -0.2) is 68.5 Å². The fraction of sp³-hybridized carbons (Fsp3) is 0.375. The molecule has 2 amide bonds. The summed E-state index contributed by atoms with van der Waals surface area (Å²) in [7, 11) is 0. The maximum absolute atomic E-state index is 12.0. The van der Waals surface area contributed by atoms with Gasteiger partial charge in [-0.3, -0.25) is 9.59 Å². The average molecular weight is 368 g/mol. The number of amides is 2. The van der Waals surface area contributed by atoms with E-state index in [1.807, 2.05) is 0 Å². The number of hydrogen-bond donors (Lipinski definition) is 6. The fourth-order valence-electron chi connectivity index (χ4n) is 2.00. The van der Waals surface area contributed by atoms with Gasteiger partial charge in [-0.2, -0.15) is 0 Å². The van der Waals surface area contributed by atoms with E-state index >= 15 is 0 Å². The summed E-state index contributed by atoms with van der Waals surface area (Å²) in [5, 5.41) is 40.9. The van der Waals surface area contributed by atoms with Crippen molar-refractivity contribution in [3.63, 3.8) is 0 Å². The third-order valence-corrected chi connectivity index (χ3v) is 3.48. The number of hydrogen-bond acceptors (Lipinski definition) is 6. The molecule has 1 aromatic rings. The van der Waals surface area contributed by atoms with Crippen molar-refractivity contribution in [1.82, 2.24) is 10.6 Å². The van der Waals surface area contributed by atoms with Crippen LogP contribution in [0.2, 0.25) is 0 Å². The molecule has 0 aliphatic rings. The molecule has 0 aromatic heterocycles. The molecule has 0 radical (unpaired) electrons. The maximum Gasteiger partial charge on any atom is 0.328 e. The van der Waals surface area contributed by atoms with E-state index in [2.05, 4.69) is 10.6 Å². The van der Waals surface area contributed by atoms with Crippen molar-refractivity contribution < 1.29 is 39.6 Å². The third kappa shape index (κ3) is 5.53. The van der Waals surface area contributed by atoms with Gasteiger partial charge in [0.15, 0.2) is 12.1 Å². The summed E-state index contributed by atoms with van der Waals surface area (Å²) in [5.74, 6) is -4.33. The molecular formula is C16H20N2O8. The van der Waals surface area contributed by atoms with Crippen LogP contribution in [0.4, 0.5) is 0 Å². The topological polar surface area (TPSA) is 173 Å². The predicted octanol–water partition coefficient (Wildman–Crippen LogP) is -1.19. The zero-order chi connectivity index (χ0) is 20.0. The van der Waals surface area contributed by atoms with E-state index in [0.29, 0.717) is 0 Å². The van der Waals surface area contributed by atoms with Crippen LogP contribution in [0, 0.1) is 0 Å². The highest BCUT2D eigenvalue weighted by Gasteiger charge is 2.27. The molecule has 4 atom stereocenters. The van der Waals surface area contributed by atoms with Crippen molar-refractivity contribution in [2.75, 3.05) is 0 Å². The molecular weight excluding hydrogens is 348 g/mol. The second-order valence-corrected chi connectivity index (χ2v) is 5.64. The van der Waals surface area contributed by atoms with Crippen LogP contribution >= 0.6 is 0 Å². The van der Waals surface area contributed by atoms with Crippen molar-refractivity contribution in [2.24, 2.45) is 0 Å². The van der Waals surface area contributed by atoms with E-state index in [4.69, 9.17) is 10.2 Å². The Balaban J connectivity index is 2.84. The molecule has 26 heavy (non-hydrogen) atoms. The zero-order valence-corrected chi connectivity index (χ0v) is 14.0. The molecule has 0 heterocycles. The van der Waals surface area contributed by atoms with Gasteiger partial charge in [-0.05, 0) is 38.1 Å². The van der Waals surface area contributed by atoms with Crippen LogP contribution in [0.25, 0.3) is 0 Å². The molecule has 0 aliphatic heterocycles. The first-order valence-electron chi connectivity index (χ1n) is 7.58. The lowest BCUT2D eigenvalue weighted by atomic mass is 10.1. The highest BCUT2D eigenvalue weighted by atomic mass is 16.4. The summed E-state index contributed by atoms with van der Waals surface area (Å²) in [4.78, 5) is 45.9. The van der Waals surface area contributed by atoms with E-state index in [1.165, 1.54) is 38.1 Å². The van der Waals surface area contributed by atoms with Gasteiger partial charge in [0.05, 0.1) is 12.2 Å². The Morgan fingerprint density at radius 2 is 1.00 bits per heavy atom. The highest BCUT2D eigenvalue weighted by molar-refractivity contribution is 6.00. The number of nitrogens with one attached hydrogen (secondary N) is 2. The van der Waals surface area contributed by atoms with Crippen molar-refractivity contribution in [1.29, 1.82) is 0 Å². The van der Waals surface area contributed by atoms with Crippen LogP contribution in [0.15, 0.2) is 24.3 Å². The van der Waals surface area contributed by atoms with E-state index in [9.17, 15) is 29.4 Å². The van der Waals surface area contributed by atoms with E-state index in [-0.39, 0.29) is 11.1 Å². The first-order chi connectivity index (χ1) is 12.0. The Hall–Kier alpha value is -2.98. The predicted molar refractivity (Wildman–Crippen MR) is 87.6 cm³/mol. The minimum Gasteiger partial charge on any atom is -0.480 e. The molecule has 142 valence electrons. The van der Waals surface area contributed by atoms with Crippen LogP contribution < -0.4 is 10.6 Å². The van der Waals surface area contributed by atoms with Crippen molar-refractivity contribution >= 4 is 23.8 Å². The Bertz CT molecular complexity index is 625. The summed E-state index contributed by atoms with van der Waals surface area (Å²) in [6.45, 7) is 2.43. The molecule has 0 saturated carbocycles. The Morgan fingerprint density at radius 3 is 1.19 bits per heavy atom. The smallest absolute Gasteiger partial charge is 0.328 e. The summed E-state index contributed by atoms with van der Waals surface area (Å²) >= 11 is 0. The fourth-order valence-corrected chi connectivity index (χ4v) is 2.00. The number of carboxylic acids is 2. The van der Waals surface area contributed by atoms with Gasteiger partial charge in [0, 0.05) is 11.1 Å². The van der Waals surface area contributed by atoms with Crippen LogP contribution in [0.5, 0.6) is 0 Å². The van der Waals surface area contributed by atoms with Gasteiger partial charge >= 0.3 is 11.9 Å². The first-order valence-corrected chi connectivity index (χ1v) is 7.58. The lowest BCUT2D eigenvalue weighted by molar-refractivity contribution is -0.142. The number of carbonyl (C=O) groups is 4. The van der Waals surface area contributed by atoms with Crippen molar-refractivity contribution in [3.05, 3.63) is 35.4 Å². The van der Waals surface area contributed by atoms with E-state index < -0.39 is 48.0 Å². The molecule has 6 N–H and O–H groups in total. The largest absolute Gasteiger partial charge is 0.480 e. The molecule has 1 aromatic carbocycles. The normalized spacial score (nSPS) is 15.2. The molecule has 10 nitrogen and oxygen atoms in total. The quantitative estimate of drug-likeness (QED) is 0.332. The second kappa shape index (κ2) is 8.92. The zero-order valence-electron chi connectivity index (χ0n) is 14.0. The first kappa shape index (κ1) is 21.1. The lowest BCUT2D eigenvalue weighted by Crippen LogP contribution is -2.48. The minimum atomic E-state index is -1.49. The maximum atomic E-state index is 12.0. The Kier molecular flexibility index (Phi) is 7.23. The van der Waals surface area contributed by atoms with E-state index in [1.54, 1.807) is 0 Å². The molecule has 0 bridgehead atoms. The monoisotopic (exact) mass is 368 g/mol. The Morgan fingerprint density at radius 1 is 0.731 bits per heavy atom. The summed E-state index contributed by atoms with van der Waals surface area (Å²) in [5.41, 5.74) is 0.0810. The van der Waals surface area contributed by atoms with Crippen LogP contribution in [-0.2, 0) is 9.59 Å². The summed E-state index contributed by atoms with van der Waals surface area (Å²) in [6.07, 6.45) is -2.62. The van der Waals surface area contributed by atoms with Gasteiger partial charge in [-0.1, -0.05) is 0 Å². The van der Waals surface area contributed by atoms with Crippen molar-refractivity contribution in [3.8, 4) is 0 Å². The summed E-state index contributed by atoms with van der Waals surface area (Å²) in [6, 6.07) is 1.97. The van der Waals surface area contributed by atoms with Gasteiger partial charge in [0.1, 0.15) is 0 Å². The molecule has 0 aliphatic carbocycles. The SMILES string of the molecule is C[C@@H](O)[C@H](NC(=O)c1ccc(C(=O)N[C@@H](C(=O)O)[C@@H](C)O)cc1)C(=O)O.